The van der Waals surface area contributed by atoms with Crippen molar-refractivity contribution >= 4 is 17.9 Å². The van der Waals surface area contributed by atoms with Crippen molar-refractivity contribution in [1.82, 2.24) is 15.5 Å². The Bertz CT molecular complexity index is 280. The van der Waals surface area contributed by atoms with Crippen LogP contribution in [-0.4, -0.2) is 54.1 Å². The first-order chi connectivity index (χ1) is 7.38. The predicted molar refractivity (Wildman–Crippen MR) is 56.9 cm³/mol. The largest absolute Gasteiger partial charge is 0.480 e. The van der Waals surface area contributed by atoms with Gasteiger partial charge in [0.05, 0.1) is 6.54 Å². The SMILES string of the molecule is CCN(C)C(=O)CNC(=O)N[C@@H](C)C(=O)O. The molecule has 7 nitrogen and oxygen atoms in total. The number of urea groups is 1. The van der Waals surface area contributed by atoms with Gasteiger partial charge < -0.3 is 20.6 Å². The van der Waals surface area contributed by atoms with Crippen LogP contribution in [0, 0.1) is 0 Å². The van der Waals surface area contributed by atoms with E-state index < -0.39 is 18.0 Å². The average Bonchev–Trinajstić information content (AvgIpc) is 2.24. The highest BCUT2D eigenvalue weighted by Crippen LogP contribution is 1.83. The fourth-order valence-electron chi connectivity index (χ4n) is 0.777. The van der Waals surface area contributed by atoms with Crippen LogP contribution in [0.25, 0.3) is 0 Å². The highest BCUT2D eigenvalue weighted by molar-refractivity contribution is 5.86. The van der Waals surface area contributed by atoms with Crippen molar-refractivity contribution in [2.45, 2.75) is 19.9 Å². The number of nitrogens with one attached hydrogen (secondary N) is 2. The molecule has 92 valence electrons. The molecule has 0 aromatic heterocycles. The van der Waals surface area contributed by atoms with Crippen molar-refractivity contribution in [3.05, 3.63) is 0 Å². The molecule has 3 amide bonds. The van der Waals surface area contributed by atoms with Gasteiger partial charge in [-0.05, 0) is 13.8 Å². The Labute approximate surface area is 93.8 Å². The van der Waals surface area contributed by atoms with E-state index in [1.807, 2.05) is 6.92 Å². The molecule has 0 radical (unpaired) electrons. The zero-order valence-electron chi connectivity index (χ0n) is 9.61. The summed E-state index contributed by atoms with van der Waals surface area (Å²) < 4.78 is 0. The molecule has 3 N–H and O–H groups in total. The van der Waals surface area contributed by atoms with Gasteiger partial charge in [-0.2, -0.15) is 0 Å². The van der Waals surface area contributed by atoms with Crippen molar-refractivity contribution < 1.29 is 19.5 Å². The molecule has 16 heavy (non-hydrogen) atoms. The first kappa shape index (κ1) is 14.2. The molecule has 1 atom stereocenters. The average molecular weight is 231 g/mol. The maximum absolute atomic E-state index is 11.3. The van der Waals surface area contributed by atoms with Gasteiger partial charge in [0.2, 0.25) is 5.91 Å². The molecule has 0 aromatic rings. The number of likely N-dealkylation sites (N-methyl/N-ethyl adjacent to an activating group) is 1. The first-order valence-electron chi connectivity index (χ1n) is 4.89. The number of amides is 3. The molecule has 0 spiro atoms. The Kier molecular flexibility index (Phi) is 5.91. The summed E-state index contributed by atoms with van der Waals surface area (Å²) in [6.07, 6.45) is 0. The molecule has 0 aliphatic carbocycles. The van der Waals surface area contributed by atoms with E-state index in [0.29, 0.717) is 6.54 Å². The second-order valence-corrected chi connectivity index (χ2v) is 3.29. The summed E-state index contributed by atoms with van der Waals surface area (Å²) >= 11 is 0. The van der Waals surface area contributed by atoms with Crippen LogP contribution in [0.2, 0.25) is 0 Å². The van der Waals surface area contributed by atoms with Crippen LogP contribution in [0.5, 0.6) is 0 Å². The molecule has 0 aliphatic heterocycles. The van der Waals surface area contributed by atoms with Crippen molar-refractivity contribution in [3.63, 3.8) is 0 Å². The molecule has 0 bridgehead atoms. The Hall–Kier alpha value is -1.79. The molecule has 0 aromatic carbocycles. The minimum absolute atomic E-state index is 0.150. The molecule has 0 saturated heterocycles. The van der Waals surface area contributed by atoms with Gasteiger partial charge in [-0.1, -0.05) is 0 Å². The number of carboxylic acids is 1. The Morgan fingerprint density at radius 1 is 1.38 bits per heavy atom. The monoisotopic (exact) mass is 231 g/mol. The van der Waals surface area contributed by atoms with Crippen molar-refractivity contribution in [2.24, 2.45) is 0 Å². The fraction of sp³-hybridized carbons (Fsp3) is 0.667. The van der Waals surface area contributed by atoms with Crippen LogP contribution in [0.15, 0.2) is 0 Å². The van der Waals surface area contributed by atoms with Crippen LogP contribution < -0.4 is 10.6 Å². The molecule has 0 heterocycles. The summed E-state index contributed by atoms with van der Waals surface area (Å²) in [5.74, 6) is -1.37. The van der Waals surface area contributed by atoms with E-state index in [1.165, 1.54) is 11.8 Å². The summed E-state index contributed by atoms with van der Waals surface area (Å²) in [5.41, 5.74) is 0. The van der Waals surface area contributed by atoms with Crippen molar-refractivity contribution in [2.75, 3.05) is 20.1 Å². The van der Waals surface area contributed by atoms with E-state index in [9.17, 15) is 14.4 Å². The molecule has 0 rings (SSSR count). The lowest BCUT2D eigenvalue weighted by Gasteiger charge is -2.15. The van der Waals surface area contributed by atoms with Gasteiger partial charge >= 0.3 is 12.0 Å². The van der Waals surface area contributed by atoms with Gasteiger partial charge in [-0.25, -0.2) is 4.79 Å². The van der Waals surface area contributed by atoms with E-state index >= 15 is 0 Å². The lowest BCUT2D eigenvalue weighted by atomic mass is 10.3. The third-order valence-corrected chi connectivity index (χ3v) is 2.02. The highest BCUT2D eigenvalue weighted by atomic mass is 16.4. The second-order valence-electron chi connectivity index (χ2n) is 3.29. The Morgan fingerprint density at radius 3 is 2.38 bits per heavy atom. The minimum atomic E-state index is -1.13. The van der Waals surface area contributed by atoms with Gasteiger partial charge in [0.15, 0.2) is 0 Å². The smallest absolute Gasteiger partial charge is 0.325 e. The fourth-order valence-corrected chi connectivity index (χ4v) is 0.777. The van der Waals surface area contributed by atoms with E-state index in [2.05, 4.69) is 10.6 Å². The first-order valence-corrected chi connectivity index (χ1v) is 4.89. The topological polar surface area (TPSA) is 98.7 Å². The number of nitrogens with zero attached hydrogens (tertiary/aromatic N) is 1. The van der Waals surface area contributed by atoms with Gasteiger partial charge in [0.25, 0.3) is 0 Å². The number of carboxylic acid groups (broad SMARTS) is 1. The Morgan fingerprint density at radius 2 is 1.94 bits per heavy atom. The number of hydrogen-bond acceptors (Lipinski definition) is 3. The lowest BCUT2D eigenvalue weighted by molar-refractivity contribution is -0.138. The minimum Gasteiger partial charge on any atom is -0.480 e. The summed E-state index contributed by atoms with van der Waals surface area (Å²) in [7, 11) is 1.61. The van der Waals surface area contributed by atoms with Crippen molar-refractivity contribution in [3.8, 4) is 0 Å². The number of hydrogen-bond donors (Lipinski definition) is 3. The van der Waals surface area contributed by atoms with Crippen LogP contribution >= 0.6 is 0 Å². The van der Waals surface area contributed by atoms with Crippen LogP contribution in [0.3, 0.4) is 0 Å². The van der Waals surface area contributed by atoms with E-state index in [4.69, 9.17) is 5.11 Å². The number of aliphatic carboxylic acids is 1. The Balaban J connectivity index is 3.90. The van der Waals surface area contributed by atoms with Gasteiger partial charge in [0, 0.05) is 13.6 Å². The summed E-state index contributed by atoms with van der Waals surface area (Å²) in [6.45, 7) is 3.54. The zero-order chi connectivity index (χ0) is 12.7. The number of carbonyl (C=O) groups is 3. The molecular formula is C9H17N3O4. The second kappa shape index (κ2) is 6.65. The zero-order valence-corrected chi connectivity index (χ0v) is 9.61. The highest BCUT2D eigenvalue weighted by Gasteiger charge is 2.14. The van der Waals surface area contributed by atoms with Gasteiger partial charge in [0.1, 0.15) is 6.04 Å². The molecular weight excluding hydrogens is 214 g/mol. The van der Waals surface area contributed by atoms with E-state index in [1.54, 1.807) is 7.05 Å². The third-order valence-electron chi connectivity index (χ3n) is 2.02. The number of rotatable bonds is 5. The van der Waals surface area contributed by atoms with Crippen molar-refractivity contribution in [1.29, 1.82) is 0 Å². The molecule has 7 heteroatoms. The maximum Gasteiger partial charge on any atom is 0.325 e. The number of carbonyl (C=O) groups excluding carboxylic acids is 2. The summed E-state index contributed by atoms with van der Waals surface area (Å²) in [5, 5.41) is 13.0. The third kappa shape index (κ3) is 5.18. The quantitative estimate of drug-likeness (QED) is 0.579. The summed E-state index contributed by atoms with van der Waals surface area (Å²) in [6, 6.07) is -1.66. The normalized spacial score (nSPS) is 11.4. The lowest BCUT2D eigenvalue weighted by Crippen LogP contribution is -2.47. The molecule has 0 unspecified atom stereocenters. The predicted octanol–water partition coefficient (Wildman–Crippen LogP) is -0.763. The standard InChI is InChI=1S/C9H17N3O4/c1-4-12(3)7(13)5-10-9(16)11-6(2)8(14)15/h6H,4-5H2,1-3H3,(H,14,15)(H2,10,11,16)/t6-/m0/s1. The van der Waals surface area contributed by atoms with Gasteiger partial charge in [-0.15, -0.1) is 0 Å². The molecule has 0 aliphatic rings. The van der Waals surface area contributed by atoms with Crippen LogP contribution in [0.4, 0.5) is 4.79 Å². The van der Waals surface area contributed by atoms with E-state index in [0.717, 1.165) is 0 Å². The molecule has 0 saturated carbocycles. The maximum atomic E-state index is 11.3. The van der Waals surface area contributed by atoms with E-state index in [-0.39, 0.29) is 12.5 Å². The molecule has 0 fully saturated rings. The van der Waals surface area contributed by atoms with Crippen LogP contribution in [0.1, 0.15) is 13.8 Å². The van der Waals surface area contributed by atoms with Crippen LogP contribution in [-0.2, 0) is 9.59 Å². The van der Waals surface area contributed by atoms with Gasteiger partial charge in [-0.3, -0.25) is 9.59 Å². The summed E-state index contributed by atoms with van der Waals surface area (Å²) in [4.78, 5) is 34.2.